The van der Waals surface area contributed by atoms with Crippen LogP contribution >= 0.6 is 11.6 Å². The van der Waals surface area contributed by atoms with Gasteiger partial charge in [0.1, 0.15) is 11.9 Å². The molecule has 4 N–H and O–H groups in total. The van der Waals surface area contributed by atoms with Crippen molar-refractivity contribution >= 4 is 40.2 Å². The van der Waals surface area contributed by atoms with Crippen molar-refractivity contribution in [1.82, 2.24) is 10.3 Å². The molecule has 1 aromatic heterocycles. The topological polar surface area (TPSA) is 94.2 Å². The molecule has 6 nitrogen and oxygen atoms in total. The molecule has 2 aromatic carbocycles. The van der Waals surface area contributed by atoms with E-state index in [9.17, 15) is 19.1 Å². The van der Waals surface area contributed by atoms with Gasteiger partial charge in [-0.05, 0) is 35.9 Å². The molecule has 26 heavy (non-hydrogen) atoms. The van der Waals surface area contributed by atoms with Crippen molar-refractivity contribution in [3.8, 4) is 0 Å². The summed E-state index contributed by atoms with van der Waals surface area (Å²) in [5, 5.41) is 15.4. The Labute approximate surface area is 153 Å². The lowest BCUT2D eigenvalue weighted by molar-refractivity contribution is -0.139. The summed E-state index contributed by atoms with van der Waals surface area (Å²) in [6.45, 7) is 0. The standard InChI is InChI=1S/C18H15ClFN3O3/c19-13-3-1-2-4-14(13)22-18(26)23-16(17(24)25)7-10-9-21-15-8-11(20)5-6-12(10)15/h1-6,8-9,16,21H,7H2,(H,24,25)(H2,22,23,26)/t16-/m0/s1. The molecule has 2 amide bonds. The van der Waals surface area contributed by atoms with Gasteiger partial charge in [0.15, 0.2) is 0 Å². The first-order valence-corrected chi connectivity index (χ1v) is 8.12. The lowest BCUT2D eigenvalue weighted by Crippen LogP contribution is -2.44. The van der Waals surface area contributed by atoms with E-state index in [0.717, 1.165) is 0 Å². The number of fused-ring (bicyclic) bond motifs is 1. The number of aromatic nitrogens is 1. The summed E-state index contributed by atoms with van der Waals surface area (Å²) in [7, 11) is 0. The first kappa shape index (κ1) is 17.8. The van der Waals surface area contributed by atoms with Gasteiger partial charge in [-0.2, -0.15) is 0 Å². The Hall–Kier alpha value is -3.06. The second kappa shape index (κ2) is 7.45. The van der Waals surface area contributed by atoms with Crippen LogP contribution in [0.1, 0.15) is 5.56 Å². The van der Waals surface area contributed by atoms with Crippen LogP contribution in [0.4, 0.5) is 14.9 Å². The van der Waals surface area contributed by atoms with E-state index >= 15 is 0 Å². The third-order valence-electron chi connectivity index (χ3n) is 3.88. The van der Waals surface area contributed by atoms with Crippen molar-refractivity contribution in [2.75, 3.05) is 5.32 Å². The Morgan fingerprint density at radius 3 is 2.73 bits per heavy atom. The summed E-state index contributed by atoms with van der Waals surface area (Å²) in [6, 6.07) is 8.96. The van der Waals surface area contributed by atoms with Crippen molar-refractivity contribution < 1.29 is 19.1 Å². The van der Waals surface area contributed by atoms with E-state index < -0.39 is 23.9 Å². The van der Waals surface area contributed by atoms with Gasteiger partial charge in [-0.15, -0.1) is 0 Å². The van der Waals surface area contributed by atoms with Crippen LogP contribution in [0.5, 0.6) is 0 Å². The number of carboxylic acid groups (broad SMARTS) is 1. The number of aliphatic carboxylic acids is 1. The fourth-order valence-electron chi connectivity index (χ4n) is 2.63. The van der Waals surface area contributed by atoms with E-state index in [2.05, 4.69) is 15.6 Å². The predicted molar refractivity (Wildman–Crippen MR) is 97.0 cm³/mol. The van der Waals surface area contributed by atoms with Crippen molar-refractivity contribution in [1.29, 1.82) is 0 Å². The summed E-state index contributed by atoms with van der Waals surface area (Å²) in [4.78, 5) is 26.5. The van der Waals surface area contributed by atoms with Crippen LogP contribution in [-0.4, -0.2) is 28.1 Å². The number of carbonyl (C=O) groups excluding carboxylic acids is 1. The summed E-state index contributed by atoms with van der Waals surface area (Å²) in [5.74, 6) is -1.58. The Bertz CT molecular complexity index is 973. The minimum absolute atomic E-state index is 0.0386. The van der Waals surface area contributed by atoms with Crippen LogP contribution in [-0.2, 0) is 11.2 Å². The molecule has 0 unspecified atom stereocenters. The number of rotatable bonds is 5. The molecular weight excluding hydrogens is 361 g/mol. The molecule has 3 aromatic rings. The molecule has 0 aliphatic carbocycles. The summed E-state index contributed by atoms with van der Waals surface area (Å²) in [6.07, 6.45) is 1.64. The molecule has 0 radical (unpaired) electrons. The average Bonchev–Trinajstić information content (AvgIpc) is 2.98. The van der Waals surface area contributed by atoms with E-state index in [0.29, 0.717) is 27.2 Å². The minimum Gasteiger partial charge on any atom is -0.480 e. The molecule has 1 atom stereocenters. The number of anilines is 1. The van der Waals surface area contributed by atoms with Crippen LogP contribution in [0.15, 0.2) is 48.7 Å². The zero-order chi connectivity index (χ0) is 18.7. The first-order chi connectivity index (χ1) is 12.4. The molecule has 0 saturated heterocycles. The Kier molecular flexibility index (Phi) is 5.09. The van der Waals surface area contributed by atoms with Gasteiger partial charge in [0.2, 0.25) is 0 Å². The van der Waals surface area contributed by atoms with Gasteiger partial charge in [-0.3, -0.25) is 0 Å². The highest BCUT2D eigenvalue weighted by molar-refractivity contribution is 6.33. The van der Waals surface area contributed by atoms with Crippen LogP contribution in [0.3, 0.4) is 0 Å². The maximum absolute atomic E-state index is 13.3. The Morgan fingerprint density at radius 2 is 2.00 bits per heavy atom. The SMILES string of the molecule is O=C(Nc1ccccc1Cl)N[C@@H](Cc1c[nH]c2cc(F)ccc12)C(=O)O. The Morgan fingerprint density at radius 1 is 1.23 bits per heavy atom. The molecule has 134 valence electrons. The number of hydrogen-bond donors (Lipinski definition) is 4. The van der Waals surface area contributed by atoms with Gasteiger partial charge in [0.05, 0.1) is 10.7 Å². The quantitative estimate of drug-likeness (QED) is 0.546. The van der Waals surface area contributed by atoms with E-state index in [1.165, 1.54) is 12.1 Å². The number of aromatic amines is 1. The average molecular weight is 376 g/mol. The van der Waals surface area contributed by atoms with Gasteiger partial charge in [-0.25, -0.2) is 14.0 Å². The van der Waals surface area contributed by atoms with Crippen LogP contribution < -0.4 is 10.6 Å². The third kappa shape index (κ3) is 3.94. The second-order valence-electron chi connectivity index (χ2n) is 5.68. The highest BCUT2D eigenvalue weighted by Gasteiger charge is 2.22. The zero-order valence-electron chi connectivity index (χ0n) is 13.4. The van der Waals surface area contributed by atoms with Gasteiger partial charge in [0.25, 0.3) is 0 Å². The Balaban J connectivity index is 1.73. The first-order valence-electron chi connectivity index (χ1n) is 7.74. The van der Waals surface area contributed by atoms with Crippen LogP contribution in [0.25, 0.3) is 10.9 Å². The number of urea groups is 1. The number of carboxylic acids is 1. The second-order valence-corrected chi connectivity index (χ2v) is 6.08. The van der Waals surface area contributed by atoms with Gasteiger partial charge in [-0.1, -0.05) is 23.7 Å². The van der Waals surface area contributed by atoms with Gasteiger partial charge < -0.3 is 20.7 Å². The summed E-state index contributed by atoms with van der Waals surface area (Å²) >= 11 is 5.97. The normalized spacial score (nSPS) is 11.9. The molecule has 0 bridgehead atoms. The maximum atomic E-state index is 13.3. The highest BCUT2D eigenvalue weighted by Crippen LogP contribution is 2.22. The van der Waals surface area contributed by atoms with Gasteiger partial charge in [0, 0.05) is 23.5 Å². The van der Waals surface area contributed by atoms with E-state index in [4.69, 9.17) is 11.6 Å². The van der Waals surface area contributed by atoms with Crippen LogP contribution in [0.2, 0.25) is 5.02 Å². The lowest BCUT2D eigenvalue weighted by atomic mass is 10.1. The molecule has 0 saturated carbocycles. The number of carbonyl (C=O) groups is 2. The third-order valence-corrected chi connectivity index (χ3v) is 4.21. The number of nitrogens with one attached hydrogen (secondary N) is 3. The largest absolute Gasteiger partial charge is 0.480 e. The van der Waals surface area contributed by atoms with E-state index in [1.807, 2.05) is 0 Å². The monoisotopic (exact) mass is 375 g/mol. The fraction of sp³-hybridized carbons (Fsp3) is 0.111. The molecule has 8 heteroatoms. The molecule has 0 fully saturated rings. The fourth-order valence-corrected chi connectivity index (χ4v) is 2.81. The number of amides is 2. The van der Waals surface area contributed by atoms with E-state index in [1.54, 1.807) is 36.5 Å². The number of para-hydroxylation sites is 1. The zero-order valence-corrected chi connectivity index (χ0v) is 14.2. The van der Waals surface area contributed by atoms with Crippen molar-refractivity contribution in [3.63, 3.8) is 0 Å². The van der Waals surface area contributed by atoms with Crippen molar-refractivity contribution in [3.05, 3.63) is 65.1 Å². The number of hydrogen-bond acceptors (Lipinski definition) is 2. The van der Waals surface area contributed by atoms with Crippen molar-refractivity contribution in [2.24, 2.45) is 0 Å². The molecule has 0 aliphatic heterocycles. The molecule has 0 spiro atoms. The molecule has 0 aliphatic rings. The maximum Gasteiger partial charge on any atom is 0.326 e. The molecule has 1 heterocycles. The smallest absolute Gasteiger partial charge is 0.326 e. The lowest BCUT2D eigenvalue weighted by Gasteiger charge is -2.15. The number of H-pyrrole nitrogens is 1. The molecular formula is C18H15ClFN3O3. The predicted octanol–water partition coefficient (Wildman–Crippen LogP) is 3.78. The summed E-state index contributed by atoms with van der Waals surface area (Å²) < 4.78 is 13.3. The van der Waals surface area contributed by atoms with Crippen molar-refractivity contribution in [2.45, 2.75) is 12.5 Å². The summed E-state index contributed by atoms with van der Waals surface area (Å²) in [5.41, 5.74) is 1.59. The molecule has 3 rings (SSSR count). The number of halogens is 2. The highest BCUT2D eigenvalue weighted by atomic mass is 35.5. The van der Waals surface area contributed by atoms with Crippen LogP contribution in [0, 0.1) is 5.82 Å². The van der Waals surface area contributed by atoms with E-state index in [-0.39, 0.29) is 6.42 Å². The van der Waals surface area contributed by atoms with Gasteiger partial charge >= 0.3 is 12.0 Å². The number of benzene rings is 2. The minimum atomic E-state index is -1.18.